The zero-order chi connectivity index (χ0) is 21.4. The molecule has 6 heteroatoms. The maximum Gasteiger partial charge on any atom is 0.300 e. The highest BCUT2D eigenvalue weighted by Crippen LogP contribution is 2.42. The van der Waals surface area contributed by atoms with Gasteiger partial charge in [-0.2, -0.15) is 0 Å². The number of aliphatic hydroxyl groups is 1. The minimum atomic E-state index is -0.775. The van der Waals surface area contributed by atoms with Crippen molar-refractivity contribution < 1.29 is 14.7 Å². The highest BCUT2D eigenvalue weighted by atomic mass is 35.5. The van der Waals surface area contributed by atoms with Gasteiger partial charge < -0.3 is 5.11 Å². The maximum absolute atomic E-state index is 13.0. The van der Waals surface area contributed by atoms with E-state index in [4.69, 9.17) is 23.2 Å². The number of aliphatic hydroxyl groups excluding tert-OH is 1. The van der Waals surface area contributed by atoms with Crippen molar-refractivity contribution in [3.05, 3.63) is 105 Å². The zero-order valence-corrected chi connectivity index (χ0v) is 17.5. The van der Waals surface area contributed by atoms with Gasteiger partial charge in [0.2, 0.25) is 0 Å². The van der Waals surface area contributed by atoms with Crippen LogP contribution < -0.4 is 4.90 Å². The molecule has 0 spiro atoms. The summed E-state index contributed by atoms with van der Waals surface area (Å²) in [6.45, 7) is 1.94. The first-order valence-corrected chi connectivity index (χ1v) is 10.0. The summed E-state index contributed by atoms with van der Waals surface area (Å²) in [5.74, 6) is -1.75. The van der Waals surface area contributed by atoms with E-state index in [1.165, 1.54) is 17.0 Å². The SMILES string of the molecule is Cc1ccc(N2C(=O)C(=O)/C(=C(\O)c3ccc(Cl)c(Cl)c3)C2c2ccccc2)cc1. The van der Waals surface area contributed by atoms with E-state index in [0.717, 1.165) is 5.56 Å². The minimum absolute atomic E-state index is 0.00478. The second-order valence-electron chi connectivity index (χ2n) is 7.04. The number of Topliss-reactive ketones (excluding diaryl/α,β-unsaturated/α-hetero) is 1. The van der Waals surface area contributed by atoms with Gasteiger partial charge in [0.25, 0.3) is 11.7 Å². The van der Waals surface area contributed by atoms with Crippen LogP contribution in [-0.4, -0.2) is 16.8 Å². The van der Waals surface area contributed by atoms with Crippen LogP contribution in [0.1, 0.15) is 22.7 Å². The molecule has 1 heterocycles. The number of benzene rings is 3. The fourth-order valence-electron chi connectivity index (χ4n) is 3.55. The van der Waals surface area contributed by atoms with Crippen molar-refractivity contribution in [2.75, 3.05) is 4.90 Å². The highest BCUT2D eigenvalue weighted by molar-refractivity contribution is 6.51. The third-order valence-electron chi connectivity index (χ3n) is 5.06. The van der Waals surface area contributed by atoms with Crippen molar-refractivity contribution >= 4 is 46.3 Å². The van der Waals surface area contributed by atoms with Crippen LogP contribution in [-0.2, 0) is 9.59 Å². The molecule has 150 valence electrons. The van der Waals surface area contributed by atoms with E-state index in [9.17, 15) is 14.7 Å². The van der Waals surface area contributed by atoms with Crippen LogP contribution >= 0.6 is 23.2 Å². The number of aryl methyl sites for hydroxylation is 1. The monoisotopic (exact) mass is 437 g/mol. The number of carbonyl (C=O) groups excluding carboxylic acids is 2. The van der Waals surface area contributed by atoms with Gasteiger partial charge >= 0.3 is 0 Å². The molecule has 1 fully saturated rings. The maximum atomic E-state index is 13.0. The molecule has 1 aliphatic rings. The Morgan fingerprint density at radius 3 is 2.20 bits per heavy atom. The Bertz CT molecular complexity index is 1170. The number of amides is 1. The molecular formula is C24H17Cl2NO3. The number of hydrogen-bond donors (Lipinski definition) is 1. The molecular weight excluding hydrogens is 421 g/mol. The lowest BCUT2D eigenvalue weighted by molar-refractivity contribution is -0.132. The summed E-state index contributed by atoms with van der Waals surface area (Å²) < 4.78 is 0. The topological polar surface area (TPSA) is 57.6 Å². The number of hydrogen-bond acceptors (Lipinski definition) is 3. The van der Waals surface area contributed by atoms with Gasteiger partial charge in [-0.3, -0.25) is 14.5 Å². The molecule has 0 aromatic heterocycles. The molecule has 4 rings (SSSR count). The number of carbonyl (C=O) groups is 2. The summed E-state index contributed by atoms with van der Waals surface area (Å²) >= 11 is 12.1. The van der Waals surface area contributed by atoms with Crippen LogP contribution in [0.15, 0.2) is 78.4 Å². The number of anilines is 1. The Morgan fingerprint density at radius 1 is 0.900 bits per heavy atom. The largest absolute Gasteiger partial charge is 0.507 e. The second kappa shape index (κ2) is 7.98. The molecule has 1 aliphatic heterocycles. The van der Waals surface area contributed by atoms with Gasteiger partial charge in [-0.1, -0.05) is 71.2 Å². The number of rotatable bonds is 3. The molecule has 1 saturated heterocycles. The highest BCUT2D eigenvalue weighted by Gasteiger charge is 2.46. The van der Waals surface area contributed by atoms with Crippen molar-refractivity contribution in [1.82, 2.24) is 0 Å². The predicted octanol–water partition coefficient (Wildman–Crippen LogP) is 5.93. The smallest absolute Gasteiger partial charge is 0.300 e. The summed E-state index contributed by atoms with van der Waals surface area (Å²) in [5.41, 5.74) is 2.63. The standard InChI is InChI=1S/C24H17Cl2NO3/c1-14-7-10-17(11-8-14)27-21(15-5-3-2-4-6-15)20(23(29)24(27)30)22(28)16-9-12-18(25)19(26)13-16/h2-13,21,28H,1H3/b22-20-. The second-order valence-corrected chi connectivity index (χ2v) is 7.86. The summed E-state index contributed by atoms with van der Waals surface area (Å²) in [6.07, 6.45) is 0. The first-order chi connectivity index (χ1) is 14.4. The first kappa shape index (κ1) is 20.2. The Balaban J connectivity index is 1.94. The lowest BCUT2D eigenvalue weighted by Crippen LogP contribution is -2.29. The van der Waals surface area contributed by atoms with Gasteiger partial charge in [-0.25, -0.2) is 0 Å². The van der Waals surface area contributed by atoms with Gasteiger partial charge in [0.15, 0.2) is 0 Å². The third kappa shape index (κ3) is 3.49. The summed E-state index contributed by atoms with van der Waals surface area (Å²) in [6, 6.07) is 20.2. The zero-order valence-electron chi connectivity index (χ0n) is 16.0. The molecule has 4 nitrogen and oxygen atoms in total. The fourth-order valence-corrected chi connectivity index (χ4v) is 3.85. The van der Waals surface area contributed by atoms with Gasteiger partial charge in [-0.15, -0.1) is 0 Å². The first-order valence-electron chi connectivity index (χ1n) is 9.26. The van der Waals surface area contributed by atoms with Crippen LogP contribution in [0.2, 0.25) is 10.0 Å². The van der Waals surface area contributed by atoms with E-state index < -0.39 is 17.7 Å². The van der Waals surface area contributed by atoms with Crippen LogP contribution in [0.3, 0.4) is 0 Å². The lowest BCUT2D eigenvalue weighted by Gasteiger charge is -2.25. The van der Waals surface area contributed by atoms with Crippen molar-refractivity contribution in [3.8, 4) is 0 Å². The average Bonchev–Trinajstić information content (AvgIpc) is 3.02. The number of nitrogens with zero attached hydrogens (tertiary/aromatic N) is 1. The van der Waals surface area contributed by atoms with Gasteiger partial charge in [0.05, 0.1) is 21.7 Å². The van der Waals surface area contributed by atoms with E-state index in [2.05, 4.69) is 0 Å². The lowest BCUT2D eigenvalue weighted by atomic mass is 9.95. The average molecular weight is 438 g/mol. The normalized spacial score (nSPS) is 18.1. The third-order valence-corrected chi connectivity index (χ3v) is 5.80. The van der Waals surface area contributed by atoms with Gasteiger partial charge in [0.1, 0.15) is 5.76 Å². The van der Waals surface area contributed by atoms with Crippen molar-refractivity contribution in [2.45, 2.75) is 13.0 Å². The molecule has 0 saturated carbocycles. The van der Waals surface area contributed by atoms with Crippen LogP contribution in [0.5, 0.6) is 0 Å². The molecule has 1 amide bonds. The molecule has 30 heavy (non-hydrogen) atoms. The summed E-state index contributed by atoms with van der Waals surface area (Å²) in [7, 11) is 0. The van der Waals surface area contributed by atoms with E-state index in [1.807, 2.05) is 49.4 Å². The van der Waals surface area contributed by atoms with Crippen molar-refractivity contribution in [3.63, 3.8) is 0 Å². The van der Waals surface area contributed by atoms with Crippen LogP contribution in [0.25, 0.3) is 5.76 Å². The molecule has 0 aliphatic carbocycles. The van der Waals surface area contributed by atoms with Crippen molar-refractivity contribution in [1.29, 1.82) is 0 Å². The molecule has 3 aromatic carbocycles. The van der Waals surface area contributed by atoms with Crippen LogP contribution in [0.4, 0.5) is 5.69 Å². The number of ketones is 1. The summed E-state index contributed by atoms with van der Waals surface area (Å²) in [5, 5.41) is 11.6. The Kier molecular flexibility index (Phi) is 5.37. The van der Waals surface area contributed by atoms with E-state index >= 15 is 0 Å². The fraction of sp³-hybridized carbons (Fsp3) is 0.0833. The van der Waals surface area contributed by atoms with Gasteiger partial charge in [-0.05, 0) is 42.8 Å². The number of halogens is 2. The predicted molar refractivity (Wildman–Crippen MR) is 119 cm³/mol. The molecule has 1 unspecified atom stereocenters. The Labute approximate surface area is 184 Å². The Hall–Kier alpha value is -3.08. The molecule has 0 radical (unpaired) electrons. The van der Waals surface area contributed by atoms with Gasteiger partial charge in [0, 0.05) is 11.3 Å². The summed E-state index contributed by atoms with van der Waals surface area (Å²) in [4.78, 5) is 27.5. The van der Waals surface area contributed by atoms with E-state index in [1.54, 1.807) is 18.2 Å². The Morgan fingerprint density at radius 2 is 1.57 bits per heavy atom. The molecule has 1 atom stereocenters. The van der Waals surface area contributed by atoms with Crippen LogP contribution in [0, 0.1) is 6.92 Å². The van der Waals surface area contributed by atoms with Crippen molar-refractivity contribution in [2.24, 2.45) is 0 Å². The van der Waals surface area contributed by atoms with E-state index in [0.29, 0.717) is 21.8 Å². The molecule has 3 aromatic rings. The molecule has 1 N–H and O–H groups in total. The van der Waals surface area contributed by atoms with E-state index in [-0.39, 0.29) is 16.4 Å². The minimum Gasteiger partial charge on any atom is -0.507 e. The quantitative estimate of drug-likeness (QED) is 0.313. The molecule has 0 bridgehead atoms.